The molecule has 0 aliphatic rings. The Morgan fingerprint density at radius 2 is 2.05 bits per heavy atom. The summed E-state index contributed by atoms with van der Waals surface area (Å²) in [5, 5.41) is 2.71. The van der Waals surface area contributed by atoms with Gasteiger partial charge in [-0.2, -0.15) is 0 Å². The average molecular weight is 280 g/mol. The van der Waals surface area contributed by atoms with Crippen molar-refractivity contribution in [3.05, 3.63) is 18.2 Å². The van der Waals surface area contributed by atoms with Crippen molar-refractivity contribution in [2.75, 3.05) is 37.8 Å². The minimum Gasteiger partial charge on any atom is -0.494 e. The van der Waals surface area contributed by atoms with Gasteiger partial charge < -0.3 is 21.5 Å². The molecule has 0 aliphatic heterocycles. The van der Waals surface area contributed by atoms with Gasteiger partial charge in [-0.05, 0) is 18.7 Å². The van der Waals surface area contributed by atoms with E-state index in [2.05, 4.69) is 5.32 Å². The second-order valence-electron chi connectivity index (χ2n) is 4.28. The number of amides is 2. The molecule has 1 aromatic carbocycles. The van der Waals surface area contributed by atoms with Crippen LogP contribution in [0.1, 0.15) is 6.92 Å². The zero-order chi connectivity index (χ0) is 15.1. The van der Waals surface area contributed by atoms with Gasteiger partial charge in [0, 0.05) is 11.8 Å². The van der Waals surface area contributed by atoms with Gasteiger partial charge in [-0.3, -0.25) is 14.5 Å². The van der Waals surface area contributed by atoms with Crippen LogP contribution in [0.3, 0.4) is 0 Å². The Morgan fingerprint density at radius 1 is 1.35 bits per heavy atom. The third kappa shape index (κ3) is 4.77. The molecule has 0 heterocycles. The lowest BCUT2D eigenvalue weighted by molar-refractivity contribution is -0.121. The van der Waals surface area contributed by atoms with Crippen LogP contribution in [0.25, 0.3) is 0 Å². The number of nitrogens with one attached hydrogen (secondary N) is 1. The van der Waals surface area contributed by atoms with Crippen LogP contribution >= 0.6 is 0 Å². The lowest BCUT2D eigenvalue weighted by Gasteiger charge is -2.18. The number of hydrogen-bond donors (Lipinski definition) is 3. The van der Waals surface area contributed by atoms with E-state index in [-0.39, 0.29) is 19.0 Å². The molecule has 110 valence electrons. The summed E-state index contributed by atoms with van der Waals surface area (Å²) in [5.74, 6) is -0.239. The molecule has 1 rings (SSSR count). The number of nitrogens with two attached hydrogens (primary N) is 2. The van der Waals surface area contributed by atoms with Gasteiger partial charge in [-0.15, -0.1) is 0 Å². The maximum atomic E-state index is 11.9. The molecule has 0 radical (unpaired) electrons. The predicted molar refractivity (Wildman–Crippen MR) is 77.3 cm³/mol. The summed E-state index contributed by atoms with van der Waals surface area (Å²) in [5.41, 5.74) is 11.8. The van der Waals surface area contributed by atoms with E-state index in [4.69, 9.17) is 16.2 Å². The quantitative estimate of drug-likeness (QED) is 0.610. The van der Waals surface area contributed by atoms with Crippen molar-refractivity contribution in [1.29, 1.82) is 0 Å². The minimum absolute atomic E-state index is 0.0444. The van der Waals surface area contributed by atoms with E-state index in [0.717, 1.165) is 0 Å². The first-order valence-corrected chi connectivity index (χ1v) is 6.20. The number of carbonyl (C=O) groups is 2. The Kier molecular flexibility index (Phi) is 5.79. The number of carbonyl (C=O) groups excluding carboxylic acids is 2. The van der Waals surface area contributed by atoms with E-state index in [1.807, 2.05) is 6.92 Å². The lowest BCUT2D eigenvalue weighted by atomic mass is 10.2. The number of rotatable bonds is 7. The first-order valence-electron chi connectivity index (χ1n) is 6.20. The number of primary amides is 1. The van der Waals surface area contributed by atoms with E-state index < -0.39 is 5.91 Å². The number of benzene rings is 1. The normalized spacial score (nSPS) is 10.3. The third-order valence-corrected chi connectivity index (χ3v) is 2.69. The topological polar surface area (TPSA) is 111 Å². The molecule has 1 aromatic rings. The predicted octanol–water partition coefficient (Wildman–Crippen LogP) is 0.0231. The third-order valence-electron chi connectivity index (χ3n) is 2.69. The van der Waals surface area contributed by atoms with E-state index in [9.17, 15) is 9.59 Å². The summed E-state index contributed by atoms with van der Waals surface area (Å²) in [7, 11) is 1.50. The largest absolute Gasteiger partial charge is 0.494 e. The van der Waals surface area contributed by atoms with Gasteiger partial charge >= 0.3 is 0 Å². The number of nitrogens with zero attached hydrogens (tertiary/aromatic N) is 1. The highest BCUT2D eigenvalue weighted by Crippen LogP contribution is 2.26. The summed E-state index contributed by atoms with van der Waals surface area (Å²) in [6, 6.07) is 4.95. The standard InChI is InChI=1S/C13H20N4O3/c1-3-17(7-12(15)18)8-13(19)16-10-5-4-9(14)6-11(10)20-2/h4-6H,3,7-8,14H2,1-2H3,(H2,15,18)(H,16,19). The van der Waals surface area contributed by atoms with Crippen molar-refractivity contribution < 1.29 is 14.3 Å². The van der Waals surface area contributed by atoms with Crippen molar-refractivity contribution in [3.8, 4) is 5.75 Å². The molecule has 2 amide bonds. The molecule has 0 aliphatic carbocycles. The van der Waals surface area contributed by atoms with E-state index in [0.29, 0.717) is 23.7 Å². The summed E-state index contributed by atoms with van der Waals surface area (Å²) in [4.78, 5) is 24.4. The fourth-order valence-corrected chi connectivity index (χ4v) is 1.70. The number of hydrogen-bond acceptors (Lipinski definition) is 5. The van der Waals surface area contributed by atoms with Crippen LogP contribution in [0, 0.1) is 0 Å². The summed E-state index contributed by atoms with van der Waals surface area (Å²) in [6.07, 6.45) is 0. The van der Waals surface area contributed by atoms with E-state index >= 15 is 0 Å². The molecular formula is C13H20N4O3. The van der Waals surface area contributed by atoms with Crippen LogP contribution in [0.15, 0.2) is 18.2 Å². The molecular weight excluding hydrogens is 260 g/mol. The van der Waals surface area contributed by atoms with Crippen molar-refractivity contribution in [2.24, 2.45) is 5.73 Å². The van der Waals surface area contributed by atoms with Gasteiger partial charge in [0.2, 0.25) is 11.8 Å². The highest BCUT2D eigenvalue weighted by Gasteiger charge is 2.13. The van der Waals surface area contributed by atoms with Crippen molar-refractivity contribution >= 4 is 23.2 Å². The molecule has 20 heavy (non-hydrogen) atoms. The average Bonchev–Trinajstić information content (AvgIpc) is 2.39. The SMILES string of the molecule is CCN(CC(N)=O)CC(=O)Nc1ccc(N)cc1OC. The number of anilines is 2. The molecule has 0 atom stereocenters. The van der Waals surface area contributed by atoms with Gasteiger partial charge in [-0.1, -0.05) is 6.92 Å². The Balaban J connectivity index is 2.68. The fraction of sp³-hybridized carbons (Fsp3) is 0.385. The molecule has 0 spiro atoms. The van der Waals surface area contributed by atoms with Gasteiger partial charge in [0.25, 0.3) is 0 Å². The maximum absolute atomic E-state index is 11.9. The number of nitrogen functional groups attached to an aromatic ring is 1. The highest BCUT2D eigenvalue weighted by atomic mass is 16.5. The first-order chi connectivity index (χ1) is 9.46. The molecule has 0 saturated heterocycles. The van der Waals surface area contributed by atoms with Crippen molar-refractivity contribution in [3.63, 3.8) is 0 Å². The molecule has 0 saturated carbocycles. The molecule has 7 nitrogen and oxygen atoms in total. The zero-order valence-corrected chi connectivity index (χ0v) is 11.7. The van der Waals surface area contributed by atoms with Gasteiger partial charge in [0.05, 0.1) is 25.9 Å². The van der Waals surface area contributed by atoms with Crippen LogP contribution < -0.4 is 21.5 Å². The summed E-state index contributed by atoms with van der Waals surface area (Å²) < 4.78 is 5.14. The molecule has 0 unspecified atom stereocenters. The van der Waals surface area contributed by atoms with Gasteiger partial charge in [-0.25, -0.2) is 0 Å². The summed E-state index contributed by atoms with van der Waals surface area (Å²) in [6.45, 7) is 2.52. The Bertz CT molecular complexity index is 491. The molecule has 0 fully saturated rings. The van der Waals surface area contributed by atoms with E-state index in [1.165, 1.54) is 7.11 Å². The maximum Gasteiger partial charge on any atom is 0.238 e. The Labute approximate surface area is 117 Å². The second-order valence-corrected chi connectivity index (χ2v) is 4.28. The Morgan fingerprint density at radius 3 is 2.60 bits per heavy atom. The molecule has 5 N–H and O–H groups in total. The zero-order valence-electron chi connectivity index (χ0n) is 11.7. The highest BCUT2D eigenvalue weighted by molar-refractivity contribution is 5.94. The van der Waals surface area contributed by atoms with Crippen molar-refractivity contribution in [1.82, 2.24) is 4.90 Å². The fourth-order valence-electron chi connectivity index (χ4n) is 1.70. The van der Waals surface area contributed by atoms with Crippen LogP contribution in [0.5, 0.6) is 5.75 Å². The van der Waals surface area contributed by atoms with Crippen molar-refractivity contribution in [2.45, 2.75) is 6.92 Å². The second kappa shape index (κ2) is 7.34. The number of likely N-dealkylation sites (N-methyl/N-ethyl adjacent to an activating group) is 1. The molecule has 7 heteroatoms. The summed E-state index contributed by atoms with van der Waals surface area (Å²) >= 11 is 0. The first kappa shape index (κ1) is 15.8. The number of ether oxygens (including phenoxy) is 1. The minimum atomic E-state index is -0.468. The van der Waals surface area contributed by atoms with Crippen LogP contribution in [0.2, 0.25) is 0 Å². The van der Waals surface area contributed by atoms with Gasteiger partial charge in [0.15, 0.2) is 0 Å². The van der Waals surface area contributed by atoms with Crippen LogP contribution in [-0.2, 0) is 9.59 Å². The van der Waals surface area contributed by atoms with Crippen LogP contribution in [-0.4, -0.2) is 43.5 Å². The molecule has 0 aromatic heterocycles. The van der Waals surface area contributed by atoms with Crippen LogP contribution in [0.4, 0.5) is 11.4 Å². The number of methoxy groups -OCH3 is 1. The smallest absolute Gasteiger partial charge is 0.238 e. The Hall–Kier alpha value is -2.28. The monoisotopic (exact) mass is 280 g/mol. The lowest BCUT2D eigenvalue weighted by Crippen LogP contribution is -2.39. The van der Waals surface area contributed by atoms with Gasteiger partial charge in [0.1, 0.15) is 5.75 Å². The molecule has 0 bridgehead atoms. The van der Waals surface area contributed by atoms with E-state index in [1.54, 1.807) is 23.1 Å².